The van der Waals surface area contributed by atoms with Crippen LogP contribution in [0.4, 0.5) is 4.79 Å². The van der Waals surface area contributed by atoms with Crippen LogP contribution in [0, 0.1) is 0 Å². The minimum atomic E-state index is -0.532. The third-order valence-corrected chi connectivity index (χ3v) is 4.71. The summed E-state index contributed by atoms with van der Waals surface area (Å²) in [4.78, 5) is 21.8. The van der Waals surface area contributed by atoms with Crippen LogP contribution >= 0.6 is 0 Å². The second-order valence-corrected chi connectivity index (χ2v) is 9.24. The first-order chi connectivity index (χ1) is 13.6. The molecule has 0 spiro atoms. The molecule has 29 heavy (non-hydrogen) atoms. The number of hydrogen-bond donors (Lipinski definition) is 1. The number of unbranched alkanes of at least 4 members (excludes halogenated alkanes) is 1. The predicted octanol–water partition coefficient (Wildman–Crippen LogP) is 5.23. The van der Waals surface area contributed by atoms with Crippen LogP contribution in [-0.2, 0) is 17.7 Å². The summed E-state index contributed by atoms with van der Waals surface area (Å²) in [6.07, 6.45) is 4.49. The quantitative estimate of drug-likeness (QED) is 0.619. The highest BCUT2D eigenvalue weighted by atomic mass is 16.6. The summed E-state index contributed by atoms with van der Waals surface area (Å²) in [5.41, 5.74) is 1.86. The molecule has 3 rings (SSSR count). The van der Waals surface area contributed by atoms with Gasteiger partial charge in [-0.25, -0.2) is 9.78 Å². The molecule has 0 saturated carbocycles. The monoisotopic (exact) mass is 396 g/mol. The van der Waals surface area contributed by atoms with Crippen LogP contribution in [-0.4, -0.2) is 31.8 Å². The first-order valence-electron chi connectivity index (χ1n) is 10.3. The van der Waals surface area contributed by atoms with Gasteiger partial charge in [-0.2, -0.15) is 0 Å². The van der Waals surface area contributed by atoms with E-state index in [0.29, 0.717) is 6.54 Å². The standard InChI is InChI=1S/C23H32N4O2/c1-7-8-13-19-25-18-14-24-17-12-10-9-11-16(17)20(18)27(19)15-23(5,6)26-21(28)29-22(2,3)4/h9-12,14H,7-8,13,15H2,1-6H3,(H,26,28). The summed E-state index contributed by atoms with van der Waals surface area (Å²) in [5.74, 6) is 1.03. The average molecular weight is 397 g/mol. The molecule has 0 bridgehead atoms. The van der Waals surface area contributed by atoms with Crippen molar-refractivity contribution in [3.05, 3.63) is 36.3 Å². The zero-order valence-corrected chi connectivity index (χ0v) is 18.4. The number of benzene rings is 1. The van der Waals surface area contributed by atoms with E-state index in [1.165, 1.54) is 0 Å². The number of carbonyl (C=O) groups is 1. The van der Waals surface area contributed by atoms with E-state index in [9.17, 15) is 4.79 Å². The van der Waals surface area contributed by atoms with Gasteiger partial charge in [0.25, 0.3) is 0 Å². The second kappa shape index (κ2) is 8.01. The minimum Gasteiger partial charge on any atom is -0.444 e. The number of fused-ring (bicyclic) bond motifs is 3. The fraction of sp³-hybridized carbons (Fsp3) is 0.522. The van der Waals surface area contributed by atoms with E-state index in [4.69, 9.17) is 9.72 Å². The first kappa shape index (κ1) is 21.1. The molecule has 3 aromatic rings. The lowest BCUT2D eigenvalue weighted by molar-refractivity contribution is 0.0463. The van der Waals surface area contributed by atoms with Gasteiger partial charge in [-0.05, 0) is 47.1 Å². The number of rotatable bonds is 6. The average Bonchev–Trinajstić information content (AvgIpc) is 2.95. The number of alkyl carbamates (subject to hydrolysis) is 1. The number of nitrogens with zero attached hydrogens (tertiary/aromatic N) is 3. The number of pyridine rings is 1. The van der Waals surface area contributed by atoms with Crippen LogP contribution in [0.15, 0.2) is 30.5 Å². The van der Waals surface area contributed by atoms with E-state index in [1.807, 2.05) is 59.0 Å². The lowest BCUT2D eigenvalue weighted by Crippen LogP contribution is -2.48. The zero-order chi connectivity index (χ0) is 21.2. The lowest BCUT2D eigenvalue weighted by atomic mass is 10.1. The number of imidazole rings is 1. The number of aromatic nitrogens is 3. The topological polar surface area (TPSA) is 69.0 Å². The lowest BCUT2D eigenvalue weighted by Gasteiger charge is -2.30. The number of aryl methyl sites for hydroxylation is 1. The molecule has 0 radical (unpaired) electrons. The molecule has 1 N–H and O–H groups in total. The summed E-state index contributed by atoms with van der Waals surface area (Å²) in [6.45, 7) is 12.4. The summed E-state index contributed by atoms with van der Waals surface area (Å²) >= 11 is 0. The number of hydrogen-bond acceptors (Lipinski definition) is 4. The summed E-state index contributed by atoms with van der Waals surface area (Å²) in [5, 5.41) is 4.10. The number of amides is 1. The molecule has 0 unspecified atom stereocenters. The predicted molar refractivity (Wildman–Crippen MR) is 117 cm³/mol. The van der Waals surface area contributed by atoms with Gasteiger partial charge < -0.3 is 14.6 Å². The van der Waals surface area contributed by atoms with E-state index < -0.39 is 17.2 Å². The van der Waals surface area contributed by atoms with Crippen molar-refractivity contribution in [1.82, 2.24) is 19.9 Å². The smallest absolute Gasteiger partial charge is 0.408 e. The van der Waals surface area contributed by atoms with E-state index in [-0.39, 0.29) is 0 Å². The molecular weight excluding hydrogens is 364 g/mol. The zero-order valence-electron chi connectivity index (χ0n) is 18.4. The van der Waals surface area contributed by atoms with E-state index in [1.54, 1.807) is 0 Å². The molecule has 6 nitrogen and oxygen atoms in total. The highest BCUT2D eigenvalue weighted by Crippen LogP contribution is 2.27. The minimum absolute atomic E-state index is 0.409. The maximum absolute atomic E-state index is 12.4. The largest absolute Gasteiger partial charge is 0.444 e. The van der Waals surface area contributed by atoms with Crippen LogP contribution in [0.25, 0.3) is 21.9 Å². The van der Waals surface area contributed by atoms with Gasteiger partial charge in [0, 0.05) is 18.4 Å². The molecule has 1 amide bonds. The summed E-state index contributed by atoms with van der Waals surface area (Å²) in [6, 6.07) is 8.12. The summed E-state index contributed by atoms with van der Waals surface area (Å²) < 4.78 is 7.70. The number of carbonyl (C=O) groups excluding carboxylic acids is 1. The molecule has 2 aromatic heterocycles. The third kappa shape index (κ3) is 5.05. The molecule has 0 fully saturated rings. The molecular formula is C23H32N4O2. The van der Waals surface area contributed by atoms with Crippen molar-refractivity contribution < 1.29 is 9.53 Å². The highest BCUT2D eigenvalue weighted by Gasteiger charge is 2.27. The van der Waals surface area contributed by atoms with Crippen LogP contribution in [0.2, 0.25) is 0 Å². The second-order valence-electron chi connectivity index (χ2n) is 9.24. The number of para-hydroxylation sites is 1. The highest BCUT2D eigenvalue weighted by molar-refractivity contribution is 6.02. The van der Waals surface area contributed by atoms with Crippen LogP contribution in [0.3, 0.4) is 0 Å². The van der Waals surface area contributed by atoms with Gasteiger partial charge in [-0.1, -0.05) is 31.5 Å². The Labute approximate surface area is 172 Å². The van der Waals surface area contributed by atoms with Crippen molar-refractivity contribution in [3.63, 3.8) is 0 Å². The molecule has 0 aliphatic rings. The van der Waals surface area contributed by atoms with Gasteiger partial charge in [-0.15, -0.1) is 0 Å². The maximum Gasteiger partial charge on any atom is 0.408 e. The van der Waals surface area contributed by atoms with Crippen molar-refractivity contribution >= 4 is 28.0 Å². The van der Waals surface area contributed by atoms with E-state index in [0.717, 1.165) is 47.0 Å². The van der Waals surface area contributed by atoms with E-state index >= 15 is 0 Å². The fourth-order valence-corrected chi connectivity index (χ4v) is 3.52. The van der Waals surface area contributed by atoms with Crippen LogP contribution in [0.1, 0.15) is 60.2 Å². The Hall–Kier alpha value is -2.63. The number of ether oxygens (including phenoxy) is 1. The Bertz CT molecular complexity index is 1010. The Morgan fingerprint density at radius 1 is 1.14 bits per heavy atom. The SMILES string of the molecule is CCCCc1nc2cnc3ccccc3c2n1CC(C)(C)NC(=O)OC(C)(C)C. The van der Waals surface area contributed by atoms with Crippen molar-refractivity contribution in [2.24, 2.45) is 0 Å². The summed E-state index contributed by atoms with van der Waals surface area (Å²) in [7, 11) is 0. The van der Waals surface area contributed by atoms with Gasteiger partial charge in [0.05, 0.1) is 22.8 Å². The van der Waals surface area contributed by atoms with Crippen molar-refractivity contribution in [3.8, 4) is 0 Å². The van der Waals surface area contributed by atoms with Gasteiger partial charge in [0.1, 0.15) is 16.9 Å². The molecule has 0 aliphatic carbocycles. The first-order valence-corrected chi connectivity index (χ1v) is 10.3. The maximum atomic E-state index is 12.4. The molecule has 1 aromatic carbocycles. The fourth-order valence-electron chi connectivity index (χ4n) is 3.52. The van der Waals surface area contributed by atoms with Crippen molar-refractivity contribution in [2.45, 2.75) is 78.5 Å². The normalized spacial score (nSPS) is 12.5. The van der Waals surface area contributed by atoms with Gasteiger partial charge in [0.2, 0.25) is 0 Å². The Morgan fingerprint density at radius 2 is 1.86 bits per heavy atom. The molecule has 156 valence electrons. The van der Waals surface area contributed by atoms with Gasteiger partial charge >= 0.3 is 6.09 Å². The number of nitrogens with one attached hydrogen (secondary N) is 1. The Kier molecular flexibility index (Phi) is 5.82. The molecule has 2 heterocycles. The third-order valence-electron chi connectivity index (χ3n) is 4.71. The van der Waals surface area contributed by atoms with Crippen molar-refractivity contribution in [1.29, 1.82) is 0 Å². The van der Waals surface area contributed by atoms with E-state index in [2.05, 4.69) is 27.9 Å². The van der Waals surface area contributed by atoms with Crippen LogP contribution in [0.5, 0.6) is 0 Å². The molecule has 0 saturated heterocycles. The molecule has 0 atom stereocenters. The van der Waals surface area contributed by atoms with Gasteiger partial charge in [-0.3, -0.25) is 4.98 Å². The van der Waals surface area contributed by atoms with Crippen molar-refractivity contribution in [2.75, 3.05) is 0 Å². The molecule has 6 heteroatoms. The molecule has 0 aliphatic heterocycles. The Balaban J connectivity index is 2.01. The van der Waals surface area contributed by atoms with Gasteiger partial charge in [0.15, 0.2) is 0 Å². The van der Waals surface area contributed by atoms with Crippen LogP contribution < -0.4 is 5.32 Å². The Morgan fingerprint density at radius 3 is 2.55 bits per heavy atom.